The predicted octanol–water partition coefficient (Wildman–Crippen LogP) is 2.74. The van der Waals surface area contributed by atoms with Crippen molar-refractivity contribution in [2.45, 2.75) is 26.3 Å². The van der Waals surface area contributed by atoms with Crippen molar-refractivity contribution in [2.24, 2.45) is 0 Å². The summed E-state index contributed by atoms with van der Waals surface area (Å²) in [5, 5.41) is 12.7. The van der Waals surface area contributed by atoms with Gasteiger partial charge in [-0.25, -0.2) is 13.4 Å². The summed E-state index contributed by atoms with van der Waals surface area (Å²) in [5.41, 5.74) is 2.32. The summed E-state index contributed by atoms with van der Waals surface area (Å²) in [6, 6.07) is 13.3. The monoisotopic (exact) mass is 562 g/mol. The minimum absolute atomic E-state index is 0.00787. The van der Waals surface area contributed by atoms with E-state index in [9.17, 15) is 18.0 Å². The van der Waals surface area contributed by atoms with Crippen molar-refractivity contribution in [3.05, 3.63) is 75.2 Å². The number of methoxy groups -OCH3 is 2. The Kier molecular flexibility index (Phi) is 10.2. The maximum absolute atomic E-state index is 13.6. The zero-order chi connectivity index (χ0) is 27.7. The molecule has 0 bridgehead atoms. The van der Waals surface area contributed by atoms with Crippen LogP contribution in [0.4, 0.5) is 0 Å². The Hall–Kier alpha value is -3.52. The molecule has 0 saturated heterocycles. The number of carbonyl (C=O) groups excluding carboxylic acids is 2. The van der Waals surface area contributed by atoms with Crippen LogP contribution in [0.25, 0.3) is 0 Å². The van der Waals surface area contributed by atoms with Crippen molar-refractivity contribution in [2.75, 3.05) is 26.6 Å². The number of amides is 2. The van der Waals surface area contributed by atoms with Crippen molar-refractivity contribution in [3.63, 3.8) is 0 Å². The lowest BCUT2D eigenvalue weighted by atomic mass is 10.1. The van der Waals surface area contributed by atoms with Gasteiger partial charge in [0.15, 0.2) is 0 Å². The molecule has 3 rings (SSSR count). The number of rotatable bonds is 13. The molecule has 3 aromatic rings. The Morgan fingerprint density at radius 3 is 2.37 bits per heavy atom. The third kappa shape index (κ3) is 7.74. The smallest absolute Gasteiger partial charge is 0.271 e. The standard InChI is InChI=1S/C25H30N4O7S2/c1-17-21(35-2)12-19(13-22(17)36-3)25(31)29(11-7-10-18-8-5-4-6-9-18)14-23-27-20(15-37-23)24(30)26-16-38(33,34)28-32/h4-6,8-9,12-13,15,28,32H,7,10-11,14,16H2,1-3H3,(H,26,30). The highest BCUT2D eigenvalue weighted by molar-refractivity contribution is 7.89. The van der Waals surface area contributed by atoms with Gasteiger partial charge in [0.25, 0.3) is 21.8 Å². The van der Waals surface area contributed by atoms with Gasteiger partial charge in [0.2, 0.25) is 0 Å². The van der Waals surface area contributed by atoms with E-state index >= 15 is 0 Å². The van der Waals surface area contributed by atoms with Crippen molar-refractivity contribution in [3.8, 4) is 11.5 Å². The Bertz CT molecular complexity index is 1340. The summed E-state index contributed by atoms with van der Waals surface area (Å²) in [7, 11) is -0.998. The molecule has 0 fully saturated rings. The molecule has 1 aromatic heterocycles. The molecule has 11 nitrogen and oxygen atoms in total. The number of thiazole rings is 1. The van der Waals surface area contributed by atoms with Gasteiger partial charge in [-0.2, -0.15) is 0 Å². The van der Waals surface area contributed by atoms with Gasteiger partial charge < -0.3 is 24.9 Å². The van der Waals surface area contributed by atoms with Crippen molar-refractivity contribution in [1.82, 2.24) is 20.1 Å². The van der Waals surface area contributed by atoms with Gasteiger partial charge in [0.05, 0.1) is 20.8 Å². The van der Waals surface area contributed by atoms with E-state index < -0.39 is 21.8 Å². The van der Waals surface area contributed by atoms with Crippen LogP contribution in [-0.4, -0.2) is 62.0 Å². The van der Waals surface area contributed by atoms with Gasteiger partial charge in [0.1, 0.15) is 28.1 Å². The normalized spacial score (nSPS) is 11.2. The third-order valence-corrected chi connectivity index (χ3v) is 7.33. The van der Waals surface area contributed by atoms with Crippen LogP contribution in [0.3, 0.4) is 0 Å². The first-order valence-electron chi connectivity index (χ1n) is 11.6. The summed E-state index contributed by atoms with van der Waals surface area (Å²) in [6.45, 7) is 2.40. The maximum Gasteiger partial charge on any atom is 0.271 e. The molecule has 0 aliphatic rings. The zero-order valence-electron chi connectivity index (χ0n) is 21.3. The summed E-state index contributed by atoms with van der Waals surface area (Å²) >= 11 is 1.18. The molecule has 0 saturated carbocycles. The highest BCUT2D eigenvalue weighted by Gasteiger charge is 2.22. The SMILES string of the molecule is COc1cc(C(=O)N(CCCc2ccccc2)Cc2nc(C(=O)NCS(=O)(=O)NO)cs2)cc(OC)c1C. The Labute approximate surface area is 225 Å². The van der Waals surface area contributed by atoms with Crippen LogP contribution in [0.5, 0.6) is 11.5 Å². The number of nitrogens with zero attached hydrogens (tertiary/aromatic N) is 2. The van der Waals surface area contributed by atoms with Crippen LogP contribution in [0.2, 0.25) is 0 Å². The molecule has 204 valence electrons. The minimum atomic E-state index is -4.05. The molecule has 0 radical (unpaired) electrons. The summed E-state index contributed by atoms with van der Waals surface area (Å²) in [6.07, 6.45) is 1.46. The number of aromatic nitrogens is 1. The molecule has 13 heteroatoms. The highest BCUT2D eigenvalue weighted by Crippen LogP contribution is 2.30. The fourth-order valence-electron chi connectivity index (χ4n) is 3.70. The second-order valence-corrected chi connectivity index (χ2v) is 10.9. The molecule has 0 aliphatic carbocycles. The van der Waals surface area contributed by atoms with E-state index in [4.69, 9.17) is 14.7 Å². The molecule has 3 N–H and O–H groups in total. The molecule has 0 spiro atoms. The number of benzene rings is 2. The van der Waals surface area contributed by atoms with Gasteiger partial charge in [-0.05, 0) is 37.5 Å². The lowest BCUT2D eigenvalue weighted by Gasteiger charge is -2.23. The second-order valence-electron chi connectivity index (χ2n) is 8.30. The van der Waals surface area contributed by atoms with Crippen molar-refractivity contribution < 1.29 is 32.7 Å². The van der Waals surface area contributed by atoms with E-state index in [0.29, 0.717) is 35.0 Å². The zero-order valence-corrected chi connectivity index (χ0v) is 22.9. The van der Waals surface area contributed by atoms with Crippen molar-refractivity contribution in [1.29, 1.82) is 0 Å². The molecule has 0 atom stereocenters. The minimum Gasteiger partial charge on any atom is -0.496 e. The van der Waals surface area contributed by atoms with Gasteiger partial charge in [-0.15, -0.1) is 11.3 Å². The first-order chi connectivity index (χ1) is 18.2. The fourth-order valence-corrected chi connectivity index (χ4v) is 4.87. The van der Waals surface area contributed by atoms with Crippen LogP contribution in [0.1, 0.15) is 43.4 Å². The fraction of sp³-hybridized carbons (Fsp3) is 0.320. The average Bonchev–Trinajstić information content (AvgIpc) is 3.40. The Morgan fingerprint density at radius 2 is 1.76 bits per heavy atom. The number of carbonyl (C=O) groups is 2. The van der Waals surface area contributed by atoms with Gasteiger partial charge in [0, 0.05) is 23.1 Å². The van der Waals surface area contributed by atoms with Crippen LogP contribution in [0.15, 0.2) is 47.8 Å². The van der Waals surface area contributed by atoms with Gasteiger partial charge in [-0.3, -0.25) is 9.59 Å². The highest BCUT2D eigenvalue weighted by atomic mass is 32.2. The number of nitrogens with one attached hydrogen (secondary N) is 2. The van der Waals surface area contributed by atoms with E-state index in [2.05, 4.69) is 10.3 Å². The summed E-state index contributed by atoms with van der Waals surface area (Å²) in [5.74, 6) is -0.733. The lowest BCUT2D eigenvalue weighted by Crippen LogP contribution is -2.35. The van der Waals surface area contributed by atoms with Crippen LogP contribution < -0.4 is 19.7 Å². The third-order valence-electron chi connectivity index (χ3n) is 5.70. The van der Waals surface area contributed by atoms with Crippen molar-refractivity contribution >= 4 is 33.2 Å². The number of aryl methyl sites for hydroxylation is 1. The Morgan fingerprint density at radius 1 is 1.11 bits per heavy atom. The molecule has 0 unspecified atom stereocenters. The largest absolute Gasteiger partial charge is 0.496 e. The molecule has 0 aliphatic heterocycles. The number of hydrogen-bond donors (Lipinski definition) is 3. The lowest BCUT2D eigenvalue weighted by molar-refractivity contribution is 0.0740. The maximum atomic E-state index is 13.6. The van der Waals surface area contributed by atoms with Crippen LogP contribution in [0, 0.1) is 6.92 Å². The van der Waals surface area contributed by atoms with Gasteiger partial charge in [-0.1, -0.05) is 35.2 Å². The van der Waals surface area contributed by atoms with Crippen LogP contribution in [-0.2, 0) is 23.0 Å². The first kappa shape index (κ1) is 29.0. The molecule has 1 heterocycles. The molecule has 2 aromatic carbocycles. The van der Waals surface area contributed by atoms with E-state index in [1.165, 1.54) is 30.9 Å². The summed E-state index contributed by atoms with van der Waals surface area (Å²) < 4.78 is 33.6. The Balaban J connectivity index is 1.80. The van der Waals surface area contributed by atoms with E-state index in [1.54, 1.807) is 17.0 Å². The molecule has 2 amide bonds. The van der Waals surface area contributed by atoms with E-state index in [-0.39, 0.29) is 18.1 Å². The summed E-state index contributed by atoms with van der Waals surface area (Å²) in [4.78, 5) is 33.0. The quantitative estimate of drug-likeness (QED) is 0.270. The molecular formula is C25H30N4O7S2. The average molecular weight is 563 g/mol. The number of ether oxygens (including phenoxy) is 2. The number of sulfonamides is 1. The predicted molar refractivity (Wildman–Crippen MR) is 142 cm³/mol. The van der Waals surface area contributed by atoms with E-state index in [0.717, 1.165) is 22.4 Å². The second kappa shape index (κ2) is 13.3. The van der Waals surface area contributed by atoms with Gasteiger partial charge >= 0.3 is 0 Å². The van der Waals surface area contributed by atoms with Crippen LogP contribution >= 0.6 is 11.3 Å². The molecular weight excluding hydrogens is 532 g/mol. The molecule has 38 heavy (non-hydrogen) atoms. The topological polar surface area (TPSA) is 147 Å². The number of hydrogen-bond acceptors (Lipinski definition) is 9. The van der Waals surface area contributed by atoms with E-state index in [1.807, 2.05) is 37.3 Å². The first-order valence-corrected chi connectivity index (χ1v) is 14.1.